The van der Waals surface area contributed by atoms with E-state index < -0.39 is 11.0 Å². The van der Waals surface area contributed by atoms with Crippen LogP contribution in [0.25, 0.3) is 11.1 Å². The summed E-state index contributed by atoms with van der Waals surface area (Å²) in [6.07, 6.45) is 3.02. The third kappa shape index (κ3) is 10.2. The number of hydrogen-bond acceptors (Lipinski definition) is 5. The molecule has 1 heterocycles. The Morgan fingerprint density at radius 3 is 1.54 bits per heavy atom. The largest absolute Gasteiger partial charge is 1.00 e. The van der Waals surface area contributed by atoms with E-state index in [-0.39, 0.29) is 29.6 Å². The van der Waals surface area contributed by atoms with Crippen LogP contribution < -0.4 is 35.3 Å². The van der Waals surface area contributed by atoms with Crippen LogP contribution in [0.3, 0.4) is 0 Å². The maximum atomic E-state index is 10.4. The molecule has 0 aliphatic heterocycles. The summed E-state index contributed by atoms with van der Waals surface area (Å²) < 4.78 is 0. The summed E-state index contributed by atoms with van der Waals surface area (Å²) in [5.74, 6) is -0.442. The molecule has 2 aromatic carbocycles. The number of pyridine rings is 1. The van der Waals surface area contributed by atoms with Gasteiger partial charge >= 0.3 is 29.6 Å². The average Bonchev–Trinajstić information content (AvgIpc) is 2.64. The molecular weight excluding hydrogens is 345 g/mol. The number of rotatable bonds is 2. The molecule has 1 aromatic heterocycles. The minimum absolute atomic E-state index is 0. The maximum absolute atomic E-state index is 10.4. The first-order chi connectivity index (χ1) is 12.0. The number of aromatic nitrogens is 1. The molecule has 2 N–H and O–H groups in total. The van der Waals surface area contributed by atoms with Gasteiger partial charge in [-0.3, -0.25) is 9.78 Å². The van der Waals surface area contributed by atoms with E-state index in [1.807, 2.05) is 12.1 Å². The van der Waals surface area contributed by atoms with Gasteiger partial charge in [0.05, 0.1) is 10.7 Å². The van der Waals surface area contributed by atoms with E-state index in [4.69, 9.17) is 21.1 Å². The van der Waals surface area contributed by atoms with E-state index in [1.54, 1.807) is 18.3 Å². The Hall–Kier alpha value is -2.74. The summed E-state index contributed by atoms with van der Waals surface area (Å²) in [5, 5.41) is 14.8. The normalized spacial score (nSPS) is 8.46. The Morgan fingerprint density at radius 1 is 0.846 bits per heavy atom. The van der Waals surface area contributed by atoms with Crippen LogP contribution in [0, 0.1) is 15.3 Å². The molecular formula is C18H16N3NaO4. The van der Waals surface area contributed by atoms with Gasteiger partial charge in [-0.05, 0) is 23.3 Å². The summed E-state index contributed by atoms with van der Waals surface area (Å²) in [7, 11) is 0. The van der Waals surface area contributed by atoms with Crippen LogP contribution in [0.2, 0.25) is 0 Å². The van der Waals surface area contributed by atoms with E-state index in [0.717, 1.165) is 0 Å². The molecule has 0 saturated heterocycles. The number of nitrogens with two attached hydrogens (primary N) is 1. The van der Waals surface area contributed by atoms with Gasteiger partial charge in [0.25, 0.3) is 0 Å². The fraction of sp³-hybridized carbons (Fsp3) is 0. The summed E-state index contributed by atoms with van der Waals surface area (Å²) in [6, 6.07) is 24.1. The predicted octanol–water partition coefficient (Wildman–Crippen LogP) is 0.299. The van der Waals surface area contributed by atoms with Crippen molar-refractivity contribution in [3.05, 3.63) is 106 Å². The van der Waals surface area contributed by atoms with Crippen molar-refractivity contribution in [3.8, 4) is 11.1 Å². The zero-order chi connectivity index (χ0) is 18.5. The van der Waals surface area contributed by atoms with Crippen LogP contribution in [-0.4, -0.2) is 16.0 Å². The Bertz CT molecular complexity index is 731. The van der Waals surface area contributed by atoms with Crippen LogP contribution in [0.1, 0.15) is 10.4 Å². The Balaban J connectivity index is 0.000000399. The van der Waals surface area contributed by atoms with Crippen molar-refractivity contribution in [2.75, 3.05) is 0 Å². The van der Waals surface area contributed by atoms with Gasteiger partial charge in [0.2, 0.25) is 5.91 Å². The second kappa shape index (κ2) is 13.5. The van der Waals surface area contributed by atoms with E-state index >= 15 is 0 Å². The summed E-state index contributed by atoms with van der Waals surface area (Å²) in [6.45, 7) is 0. The number of amides is 1. The second-order valence-corrected chi connectivity index (χ2v) is 4.56. The van der Waals surface area contributed by atoms with Crippen molar-refractivity contribution in [1.29, 1.82) is 0 Å². The van der Waals surface area contributed by atoms with E-state index in [2.05, 4.69) is 53.5 Å². The Morgan fingerprint density at radius 2 is 1.27 bits per heavy atom. The summed E-state index contributed by atoms with van der Waals surface area (Å²) in [4.78, 5) is 22.3. The first-order valence-corrected chi connectivity index (χ1v) is 7.12. The van der Waals surface area contributed by atoms with Crippen LogP contribution in [0.5, 0.6) is 0 Å². The van der Waals surface area contributed by atoms with Crippen molar-refractivity contribution in [1.82, 2.24) is 4.98 Å². The molecule has 8 heteroatoms. The van der Waals surface area contributed by atoms with Crippen LogP contribution >= 0.6 is 0 Å². The first-order valence-electron chi connectivity index (χ1n) is 7.12. The SMILES string of the molecule is NC(=O)c1cccnc1.O=[N+]([O-])[O-].[Na+].c1ccc(-c2ccccc2)cc1. The van der Waals surface area contributed by atoms with Crippen molar-refractivity contribution >= 4 is 5.91 Å². The minimum Gasteiger partial charge on any atom is -0.366 e. The third-order valence-electron chi connectivity index (χ3n) is 2.83. The molecule has 0 saturated carbocycles. The molecule has 0 unspecified atom stereocenters. The van der Waals surface area contributed by atoms with Gasteiger partial charge in [-0.15, -0.1) is 0 Å². The first kappa shape index (κ1) is 23.3. The standard InChI is InChI=1S/C12H10.C6H6N2O.NO3.Na/c1-3-7-11(8-4-1)12-9-5-2-6-10-12;7-6(9)5-2-1-3-8-4-5;2-1(3)4;/h1-10H;1-4H,(H2,7,9);;/q;;-1;+1. The second-order valence-electron chi connectivity index (χ2n) is 4.56. The Labute approximate surface area is 172 Å². The molecule has 0 radical (unpaired) electrons. The minimum atomic E-state index is -1.75. The average molecular weight is 361 g/mol. The van der Waals surface area contributed by atoms with Gasteiger partial charge in [0.1, 0.15) is 0 Å². The van der Waals surface area contributed by atoms with Gasteiger partial charge in [-0.2, -0.15) is 0 Å². The third-order valence-corrected chi connectivity index (χ3v) is 2.83. The number of nitrogens with zero attached hydrogens (tertiary/aromatic N) is 2. The molecule has 0 atom stereocenters. The molecule has 3 aromatic rings. The van der Waals surface area contributed by atoms with E-state index in [0.29, 0.717) is 5.56 Å². The predicted molar refractivity (Wildman–Crippen MR) is 95.0 cm³/mol. The van der Waals surface area contributed by atoms with Gasteiger partial charge in [-0.25, -0.2) is 0 Å². The number of benzene rings is 2. The van der Waals surface area contributed by atoms with Gasteiger partial charge < -0.3 is 21.1 Å². The molecule has 1 amide bonds. The molecule has 0 spiro atoms. The molecule has 0 aliphatic carbocycles. The molecule has 0 fully saturated rings. The molecule has 7 nitrogen and oxygen atoms in total. The molecule has 0 bridgehead atoms. The van der Waals surface area contributed by atoms with Crippen molar-refractivity contribution in [3.63, 3.8) is 0 Å². The van der Waals surface area contributed by atoms with E-state index in [9.17, 15) is 4.79 Å². The number of primary amides is 1. The van der Waals surface area contributed by atoms with Gasteiger partial charge in [-0.1, -0.05) is 60.7 Å². The zero-order valence-electron chi connectivity index (χ0n) is 14.2. The van der Waals surface area contributed by atoms with Crippen LogP contribution in [-0.2, 0) is 0 Å². The molecule has 128 valence electrons. The smallest absolute Gasteiger partial charge is 0.366 e. The van der Waals surface area contributed by atoms with Gasteiger partial charge in [0.15, 0.2) is 0 Å². The number of carbonyl (C=O) groups excluding carboxylic acids is 1. The fourth-order valence-electron chi connectivity index (χ4n) is 1.77. The van der Waals surface area contributed by atoms with Crippen molar-refractivity contribution in [2.24, 2.45) is 5.73 Å². The van der Waals surface area contributed by atoms with Crippen LogP contribution in [0.15, 0.2) is 85.2 Å². The monoisotopic (exact) mass is 361 g/mol. The number of hydrogen-bond donors (Lipinski definition) is 1. The topological polar surface area (TPSA) is 122 Å². The summed E-state index contributed by atoms with van der Waals surface area (Å²) >= 11 is 0. The van der Waals surface area contributed by atoms with E-state index in [1.165, 1.54) is 17.3 Å². The Kier molecular flexibility index (Phi) is 12.1. The van der Waals surface area contributed by atoms with Crippen molar-refractivity contribution in [2.45, 2.75) is 0 Å². The fourth-order valence-corrected chi connectivity index (χ4v) is 1.77. The number of carbonyl (C=O) groups is 1. The zero-order valence-corrected chi connectivity index (χ0v) is 16.2. The molecule has 0 aliphatic rings. The van der Waals surface area contributed by atoms with Gasteiger partial charge in [0, 0.05) is 12.4 Å². The van der Waals surface area contributed by atoms with Crippen LogP contribution in [0.4, 0.5) is 0 Å². The quantitative estimate of drug-likeness (QED) is 0.400. The maximum Gasteiger partial charge on any atom is 1.00 e. The summed E-state index contributed by atoms with van der Waals surface area (Å²) in [5.41, 5.74) is 7.93. The molecule has 3 rings (SSSR count). The van der Waals surface area contributed by atoms with Crippen molar-refractivity contribution < 1.29 is 39.4 Å². The molecule has 26 heavy (non-hydrogen) atoms.